The van der Waals surface area contributed by atoms with Gasteiger partial charge in [-0.25, -0.2) is 0 Å². The Labute approximate surface area is 279 Å². The van der Waals surface area contributed by atoms with Crippen molar-refractivity contribution in [2.45, 2.75) is 72.6 Å². The Bertz CT molecular complexity index is 1300. The second kappa shape index (κ2) is 17.1. The van der Waals surface area contributed by atoms with Crippen LogP contribution >= 0.6 is 0 Å². The van der Waals surface area contributed by atoms with Gasteiger partial charge in [0.05, 0.1) is 6.67 Å². The molecule has 0 radical (unpaired) electrons. The number of nitrogens with zero attached hydrogens (tertiary/aromatic N) is 2. The molecule has 4 aromatic rings. The van der Waals surface area contributed by atoms with Crippen LogP contribution in [0.4, 0.5) is 22.7 Å². The maximum atomic E-state index is 3.32. The molecule has 0 spiro atoms. The maximum Gasteiger partial charge on any atom is 0.0849 e. The van der Waals surface area contributed by atoms with E-state index in [9.17, 15) is 0 Å². The Kier molecular flexibility index (Phi) is 12.4. The lowest BCUT2D eigenvalue weighted by Gasteiger charge is -2.35. The molecule has 4 nitrogen and oxygen atoms in total. The second-order valence-electron chi connectivity index (χ2n) is 13.7. The van der Waals surface area contributed by atoms with Crippen molar-refractivity contribution in [2.75, 3.05) is 53.3 Å². The van der Waals surface area contributed by atoms with Gasteiger partial charge in [0.2, 0.25) is 0 Å². The number of nitrogens with one attached hydrogen (secondary N) is 2. The Morgan fingerprint density at radius 1 is 0.457 bits per heavy atom. The molecule has 2 fully saturated rings. The van der Waals surface area contributed by atoms with Crippen LogP contribution in [0.2, 0.25) is 0 Å². The highest BCUT2D eigenvalue weighted by Gasteiger charge is 2.22. The number of anilines is 4. The largest absolute Gasteiger partial charge is 0.372 e. The van der Waals surface area contributed by atoms with E-state index < -0.39 is 0 Å². The van der Waals surface area contributed by atoms with E-state index in [2.05, 4.69) is 145 Å². The van der Waals surface area contributed by atoms with Crippen LogP contribution in [-0.2, 0) is 0 Å². The molecule has 2 N–H and O–H groups in total. The number of benzene rings is 4. The summed E-state index contributed by atoms with van der Waals surface area (Å²) in [5.74, 6) is 1.90. The van der Waals surface area contributed by atoms with Crippen molar-refractivity contribution in [3.05, 3.63) is 119 Å². The quantitative estimate of drug-likeness (QED) is 0.174. The average molecular weight is 617 g/mol. The van der Waals surface area contributed by atoms with Crippen molar-refractivity contribution >= 4 is 22.7 Å². The molecule has 46 heavy (non-hydrogen) atoms. The average Bonchev–Trinajstić information content (AvgIpc) is 3.08. The van der Waals surface area contributed by atoms with E-state index in [0.29, 0.717) is 0 Å². The fourth-order valence-electron chi connectivity index (χ4n) is 6.76. The molecule has 0 aromatic heterocycles. The zero-order chi connectivity index (χ0) is 32.1. The van der Waals surface area contributed by atoms with Gasteiger partial charge in [-0.15, -0.1) is 0 Å². The minimum atomic E-state index is 0.728. The first-order valence-corrected chi connectivity index (χ1v) is 17.7. The van der Waals surface area contributed by atoms with Gasteiger partial charge in [-0.05, 0) is 114 Å². The molecule has 0 atom stereocenters. The Balaban J connectivity index is 0.000000209. The van der Waals surface area contributed by atoms with Gasteiger partial charge in [0, 0.05) is 48.9 Å². The minimum Gasteiger partial charge on any atom is -0.372 e. The lowest BCUT2D eigenvalue weighted by Crippen LogP contribution is -2.34. The fourth-order valence-corrected chi connectivity index (χ4v) is 6.76. The molecule has 0 saturated carbocycles. The topological polar surface area (TPSA) is 30.5 Å². The highest BCUT2D eigenvalue weighted by molar-refractivity contribution is 5.50. The van der Waals surface area contributed by atoms with E-state index in [0.717, 1.165) is 29.9 Å². The summed E-state index contributed by atoms with van der Waals surface area (Å²) in [4.78, 5) is 5.16. The molecule has 244 valence electrons. The first kappa shape index (κ1) is 33.4. The monoisotopic (exact) mass is 616 g/mol. The summed E-state index contributed by atoms with van der Waals surface area (Å²) in [7, 11) is 0. The standard InChI is InChI=1S/C27H38N2.C15H18N2/c1-22-6-10-26(11-7-22)28-18-14-24(15-19-28)4-3-5-25-16-20-29(21-17-25)27-12-8-23(2)9-13-27;1-12-3-7-14(8-4-12)16-11-17-15-9-5-13(2)6-10-15/h6-13,24-25H,3-5,14-21H2,1-2H3;3-10,16-17H,11H2,1-2H3. The molecule has 2 aliphatic rings. The van der Waals surface area contributed by atoms with Crippen LogP contribution < -0.4 is 20.4 Å². The van der Waals surface area contributed by atoms with Crippen molar-refractivity contribution in [1.82, 2.24) is 0 Å². The normalized spacial score (nSPS) is 15.7. The van der Waals surface area contributed by atoms with Crippen molar-refractivity contribution in [3.63, 3.8) is 0 Å². The number of hydrogen-bond acceptors (Lipinski definition) is 4. The molecule has 0 aliphatic carbocycles. The Hall–Kier alpha value is -3.92. The molecule has 0 bridgehead atoms. The smallest absolute Gasteiger partial charge is 0.0849 e. The highest BCUT2D eigenvalue weighted by atomic mass is 15.1. The third kappa shape index (κ3) is 10.6. The lowest BCUT2D eigenvalue weighted by molar-refractivity contribution is 0.325. The second-order valence-corrected chi connectivity index (χ2v) is 13.7. The summed E-state index contributed by atoms with van der Waals surface area (Å²) in [6.07, 6.45) is 9.82. The third-order valence-corrected chi connectivity index (χ3v) is 9.94. The minimum absolute atomic E-state index is 0.728. The summed E-state index contributed by atoms with van der Waals surface area (Å²) in [5.41, 5.74) is 10.4. The summed E-state index contributed by atoms with van der Waals surface area (Å²) in [6.45, 7) is 14.2. The molecular formula is C42H56N4. The van der Waals surface area contributed by atoms with Crippen LogP contribution in [0, 0.1) is 39.5 Å². The zero-order valence-electron chi connectivity index (χ0n) is 28.8. The molecule has 6 rings (SSSR count). The predicted octanol–water partition coefficient (Wildman–Crippen LogP) is 10.4. The van der Waals surface area contributed by atoms with Gasteiger partial charge < -0.3 is 20.4 Å². The summed E-state index contributed by atoms with van der Waals surface area (Å²) < 4.78 is 0. The zero-order valence-corrected chi connectivity index (χ0v) is 28.8. The molecule has 0 amide bonds. The molecular weight excluding hydrogens is 560 g/mol. The van der Waals surface area contributed by atoms with Gasteiger partial charge in [-0.3, -0.25) is 0 Å². The number of aryl methyl sites for hydroxylation is 4. The summed E-state index contributed by atoms with van der Waals surface area (Å²) >= 11 is 0. The number of piperidine rings is 2. The first-order chi connectivity index (χ1) is 22.4. The molecule has 4 aromatic carbocycles. The summed E-state index contributed by atoms with van der Waals surface area (Å²) in [6, 6.07) is 34.9. The molecule has 2 heterocycles. The lowest BCUT2D eigenvalue weighted by atomic mass is 9.86. The number of hydrogen-bond donors (Lipinski definition) is 2. The van der Waals surface area contributed by atoms with Crippen molar-refractivity contribution in [2.24, 2.45) is 11.8 Å². The van der Waals surface area contributed by atoms with Crippen LogP contribution in [0.5, 0.6) is 0 Å². The first-order valence-electron chi connectivity index (χ1n) is 17.7. The molecule has 0 unspecified atom stereocenters. The summed E-state index contributed by atoms with van der Waals surface area (Å²) in [5, 5.41) is 6.65. The van der Waals surface area contributed by atoms with Gasteiger partial charge in [0.15, 0.2) is 0 Å². The van der Waals surface area contributed by atoms with E-state index in [-0.39, 0.29) is 0 Å². The van der Waals surface area contributed by atoms with Gasteiger partial charge >= 0.3 is 0 Å². The van der Waals surface area contributed by atoms with E-state index >= 15 is 0 Å². The predicted molar refractivity (Wildman–Crippen MR) is 201 cm³/mol. The van der Waals surface area contributed by atoms with Gasteiger partial charge in [-0.1, -0.05) is 90.0 Å². The maximum absolute atomic E-state index is 3.32. The Morgan fingerprint density at radius 3 is 1.09 bits per heavy atom. The van der Waals surface area contributed by atoms with E-state index in [1.807, 2.05) is 0 Å². The van der Waals surface area contributed by atoms with Gasteiger partial charge in [-0.2, -0.15) is 0 Å². The third-order valence-electron chi connectivity index (χ3n) is 9.94. The van der Waals surface area contributed by atoms with Crippen LogP contribution in [0.3, 0.4) is 0 Å². The molecule has 2 aliphatic heterocycles. The van der Waals surface area contributed by atoms with Crippen LogP contribution in [-0.4, -0.2) is 32.8 Å². The van der Waals surface area contributed by atoms with E-state index in [4.69, 9.17) is 0 Å². The van der Waals surface area contributed by atoms with Gasteiger partial charge in [0.25, 0.3) is 0 Å². The van der Waals surface area contributed by atoms with Crippen LogP contribution in [0.1, 0.15) is 67.2 Å². The highest BCUT2D eigenvalue weighted by Crippen LogP contribution is 2.30. The van der Waals surface area contributed by atoms with Crippen molar-refractivity contribution in [3.8, 4) is 0 Å². The molecule has 2 saturated heterocycles. The fraction of sp³-hybridized carbons (Fsp3) is 0.429. The van der Waals surface area contributed by atoms with Crippen LogP contribution in [0.25, 0.3) is 0 Å². The van der Waals surface area contributed by atoms with E-state index in [1.165, 1.54) is 105 Å². The van der Waals surface area contributed by atoms with Crippen molar-refractivity contribution in [1.29, 1.82) is 0 Å². The van der Waals surface area contributed by atoms with E-state index in [1.54, 1.807) is 0 Å². The van der Waals surface area contributed by atoms with Crippen LogP contribution in [0.15, 0.2) is 97.1 Å². The van der Waals surface area contributed by atoms with Gasteiger partial charge in [0.1, 0.15) is 0 Å². The molecule has 4 heteroatoms. The number of rotatable bonds is 10. The Morgan fingerprint density at radius 2 is 0.761 bits per heavy atom. The SMILES string of the molecule is Cc1ccc(N2CCC(CCCC3CCN(c4ccc(C)cc4)CC3)CC2)cc1.Cc1ccc(NCNc2ccc(C)cc2)cc1. The van der Waals surface area contributed by atoms with Crippen molar-refractivity contribution < 1.29 is 0 Å².